The molecule has 3 aromatic rings. The van der Waals surface area contributed by atoms with E-state index in [-0.39, 0.29) is 12.4 Å². The molecule has 146 valence electrons. The Labute approximate surface area is 166 Å². The average Bonchev–Trinajstić information content (AvgIpc) is 3.18. The number of hydrogen-bond donors (Lipinski definition) is 3. The number of H-pyrrole nitrogens is 1. The van der Waals surface area contributed by atoms with Crippen LogP contribution in [-0.2, 0) is 24.4 Å². The number of benzene rings is 2. The zero-order valence-corrected chi connectivity index (χ0v) is 15.7. The van der Waals surface area contributed by atoms with Gasteiger partial charge in [0.05, 0.1) is 17.4 Å². The topological polar surface area (TPSA) is 93.0 Å². The first-order chi connectivity index (χ1) is 13.5. The van der Waals surface area contributed by atoms with Crippen molar-refractivity contribution in [2.45, 2.75) is 25.6 Å². The fourth-order valence-corrected chi connectivity index (χ4v) is 2.93. The van der Waals surface area contributed by atoms with Crippen molar-refractivity contribution in [3.63, 3.8) is 0 Å². The predicted molar refractivity (Wildman–Crippen MR) is 104 cm³/mol. The minimum Gasteiger partial charge on any atom is -0.487 e. The smallest absolute Gasteiger partial charge is 0.234 e. The first-order valence-corrected chi connectivity index (χ1v) is 9.05. The number of aromatic amines is 1. The molecule has 1 heterocycles. The minimum atomic E-state index is -0.545. The Hall–Kier alpha value is -2.90. The standard InChI is InChI=1S/C20H20ClFN4O2/c21-16-7-13(9-25-18(20(23)27)8-15-10-24-12-26-15)5-6-19(16)28-11-14-3-1-2-4-17(14)22/h1-7,10,12,18,25H,8-9,11H2,(H2,23,27)(H,24,26). The second-order valence-corrected chi connectivity index (χ2v) is 6.67. The van der Waals surface area contributed by atoms with E-state index in [1.54, 1.807) is 42.9 Å². The molecule has 3 rings (SSSR count). The summed E-state index contributed by atoms with van der Waals surface area (Å²) in [6.07, 6.45) is 3.61. The first-order valence-electron chi connectivity index (χ1n) is 8.67. The maximum absolute atomic E-state index is 13.7. The lowest BCUT2D eigenvalue weighted by Crippen LogP contribution is -2.42. The van der Waals surface area contributed by atoms with E-state index < -0.39 is 11.9 Å². The van der Waals surface area contributed by atoms with Crippen LogP contribution in [0.2, 0.25) is 5.02 Å². The van der Waals surface area contributed by atoms with Gasteiger partial charge in [-0.05, 0) is 23.8 Å². The molecule has 0 saturated heterocycles. The van der Waals surface area contributed by atoms with Crippen molar-refractivity contribution in [1.82, 2.24) is 15.3 Å². The van der Waals surface area contributed by atoms with Gasteiger partial charge in [0.15, 0.2) is 0 Å². The van der Waals surface area contributed by atoms with Crippen molar-refractivity contribution < 1.29 is 13.9 Å². The molecule has 1 aromatic heterocycles. The highest BCUT2D eigenvalue weighted by Crippen LogP contribution is 2.26. The van der Waals surface area contributed by atoms with Crippen LogP contribution in [0.3, 0.4) is 0 Å². The monoisotopic (exact) mass is 402 g/mol. The fraction of sp³-hybridized carbons (Fsp3) is 0.200. The van der Waals surface area contributed by atoms with E-state index in [2.05, 4.69) is 15.3 Å². The van der Waals surface area contributed by atoms with Crippen LogP contribution in [0.4, 0.5) is 4.39 Å². The summed E-state index contributed by atoms with van der Waals surface area (Å²) in [5.41, 5.74) is 7.59. The van der Waals surface area contributed by atoms with Crippen LogP contribution in [-0.4, -0.2) is 21.9 Å². The number of hydrogen-bond acceptors (Lipinski definition) is 4. The second-order valence-electron chi connectivity index (χ2n) is 6.26. The van der Waals surface area contributed by atoms with Crippen molar-refractivity contribution >= 4 is 17.5 Å². The van der Waals surface area contributed by atoms with Gasteiger partial charge in [-0.2, -0.15) is 0 Å². The zero-order chi connectivity index (χ0) is 19.9. The van der Waals surface area contributed by atoms with Gasteiger partial charge in [-0.15, -0.1) is 0 Å². The highest BCUT2D eigenvalue weighted by atomic mass is 35.5. The summed E-state index contributed by atoms with van der Waals surface area (Å²) in [7, 11) is 0. The van der Waals surface area contributed by atoms with Crippen molar-refractivity contribution in [1.29, 1.82) is 0 Å². The average molecular weight is 403 g/mol. The summed E-state index contributed by atoms with van der Waals surface area (Å²) in [5.74, 6) is -0.322. The minimum absolute atomic E-state index is 0.0813. The fourth-order valence-electron chi connectivity index (χ4n) is 2.67. The number of carbonyl (C=O) groups excluding carboxylic acids is 1. The number of halogens is 2. The number of aromatic nitrogens is 2. The number of rotatable bonds is 9. The van der Waals surface area contributed by atoms with E-state index in [0.29, 0.717) is 29.3 Å². The lowest BCUT2D eigenvalue weighted by atomic mass is 10.1. The molecular weight excluding hydrogens is 383 g/mol. The summed E-state index contributed by atoms with van der Waals surface area (Å²) < 4.78 is 19.3. The summed E-state index contributed by atoms with van der Waals surface area (Å²) >= 11 is 6.28. The van der Waals surface area contributed by atoms with Crippen molar-refractivity contribution in [3.8, 4) is 5.75 Å². The van der Waals surface area contributed by atoms with Gasteiger partial charge in [-0.1, -0.05) is 35.9 Å². The van der Waals surface area contributed by atoms with Crippen LogP contribution in [0, 0.1) is 5.82 Å². The third-order valence-corrected chi connectivity index (χ3v) is 4.51. The number of primary amides is 1. The van der Waals surface area contributed by atoms with Gasteiger partial charge in [-0.25, -0.2) is 9.37 Å². The Morgan fingerprint density at radius 3 is 2.82 bits per heavy atom. The molecule has 1 atom stereocenters. The van der Waals surface area contributed by atoms with Crippen LogP contribution in [0.1, 0.15) is 16.8 Å². The quantitative estimate of drug-likeness (QED) is 0.513. The van der Waals surface area contributed by atoms with Gasteiger partial charge in [0.2, 0.25) is 5.91 Å². The van der Waals surface area contributed by atoms with E-state index in [1.807, 2.05) is 6.07 Å². The maximum atomic E-state index is 13.7. The van der Waals surface area contributed by atoms with Crippen molar-refractivity contribution in [3.05, 3.63) is 82.6 Å². The molecule has 1 amide bonds. The van der Waals surface area contributed by atoms with Crippen LogP contribution in [0.15, 0.2) is 55.0 Å². The Morgan fingerprint density at radius 2 is 2.14 bits per heavy atom. The van der Waals surface area contributed by atoms with E-state index >= 15 is 0 Å². The Kier molecular flexibility index (Phi) is 6.62. The molecule has 1 unspecified atom stereocenters. The number of nitrogens with one attached hydrogen (secondary N) is 2. The molecule has 0 aliphatic heterocycles. The number of nitrogens with two attached hydrogens (primary N) is 1. The molecule has 0 radical (unpaired) electrons. The van der Waals surface area contributed by atoms with Gasteiger partial charge in [-0.3, -0.25) is 4.79 Å². The molecule has 0 aliphatic rings. The highest BCUT2D eigenvalue weighted by molar-refractivity contribution is 6.32. The van der Waals surface area contributed by atoms with Gasteiger partial charge in [0.1, 0.15) is 18.2 Å². The van der Waals surface area contributed by atoms with Crippen LogP contribution in [0.25, 0.3) is 0 Å². The number of ether oxygens (including phenoxy) is 1. The van der Waals surface area contributed by atoms with E-state index in [1.165, 1.54) is 6.07 Å². The molecule has 0 bridgehead atoms. The number of amides is 1. The van der Waals surface area contributed by atoms with Crippen molar-refractivity contribution in [2.75, 3.05) is 0 Å². The third kappa shape index (κ3) is 5.31. The molecule has 2 aromatic carbocycles. The third-order valence-electron chi connectivity index (χ3n) is 4.21. The van der Waals surface area contributed by atoms with E-state index in [9.17, 15) is 9.18 Å². The Bertz CT molecular complexity index is 934. The molecule has 6 nitrogen and oxygen atoms in total. The zero-order valence-electron chi connectivity index (χ0n) is 15.0. The van der Waals surface area contributed by atoms with E-state index in [0.717, 1.165) is 11.3 Å². The molecule has 8 heteroatoms. The molecule has 0 saturated carbocycles. The molecule has 0 aliphatic carbocycles. The summed E-state index contributed by atoms with van der Waals surface area (Å²) in [5, 5.41) is 3.52. The SMILES string of the molecule is NC(=O)C(Cc1cnc[nH]1)NCc1ccc(OCc2ccccc2F)c(Cl)c1. The molecule has 28 heavy (non-hydrogen) atoms. The molecule has 0 spiro atoms. The summed E-state index contributed by atoms with van der Waals surface area (Å²) in [6, 6.07) is 11.1. The molecular formula is C20H20ClFN4O2. The number of carbonyl (C=O) groups is 1. The van der Waals surface area contributed by atoms with Crippen LogP contribution >= 0.6 is 11.6 Å². The lowest BCUT2D eigenvalue weighted by Gasteiger charge is -2.15. The molecule has 4 N–H and O–H groups in total. The first kappa shape index (κ1) is 19.9. The van der Waals surface area contributed by atoms with Gasteiger partial charge < -0.3 is 20.8 Å². The number of nitrogens with zero attached hydrogens (tertiary/aromatic N) is 1. The molecule has 0 fully saturated rings. The van der Waals surface area contributed by atoms with Gasteiger partial charge >= 0.3 is 0 Å². The van der Waals surface area contributed by atoms with Crippen LogP contribution in [0.5, 0.6) is 5.75 Å². The largest absolute Gasteiger partial charge is 0.487 e. The summed E-state index contributed by atoms with van der Waals surface area (Å²) in [6.45, 7) is 0.479. The Balaban J connectivity index is 1.58. The highest BCUT2D eigenvalue weighted by Gasteiger charge is 2.16. The second kappa shape index (κ2) is 9.34. The van der Waals surface area contributed by atoms with Crippen LogP contribution < -0.4 is 15.8 Å². The van der Waals surface area contributed by atoms with Crippen molar-refractivity contribution in [2.24, 2.45) is 5.73 Å². The summed E-state index contributed by atoms with van der Waals surface area (Å²) in [4.78, 5) is 18.5. The normalized spacial score (nSPS) is 11.9. The lowest BCUT2D eigenvalue weighted by molar-refractivity contribution is -0.120. The maximum Gasteiger partial charge on any atom is 0.234 e. The Morgan fingerprint density at radius 1 is 1.32 bits per heavy atom. The predicted octanol–water partition coefficient (Wildman–Crippen LogP) is 2.97. The number of imidazole rings is 1. The van der Waals surface area contributed by atoms with Gasteiger partial charge in [0.25, 0.3) is 0 Å². The van der Waals surface area contributed by atoms with Gasteiger partial charge in [0, 0.05) is 30.4 Å². The van der Waals surface area contributed by atoms with E-state index in [4.69, 9.17) is 22.1 Å².